The van der Waals surface area contributed by atoms with Crippen LogP contribution in [-0.2, 0) is 0 Å². The van der Waals surface area contributed by atoms with Crippen LogP contribution in [0.15, 0.2) is 41.1 Å². The Balaban J connectivity index is 2.39. The number of halogens is 2. The molecule has 2 unspecified atom stereocenters. The van der Waals surface area contributed by atoms with Gasteiger partial charge in [-0.05, 0) is 24.3 Å². The molecule has 0 amide bonds. The third-order valence-electron chi connectivity index (χ3n) is 5.16. The summed E-state index contributed by atoms with van der Waals surface area (Å²) in [5, 5.41) is 29.3. The lowest BCUT2D eigenvalue weighted by Crippen LogP contribution is -2.47. The van der Waals surface area contributed by atoms with Crippen LogP contribution in [0.2, 0.25) is 5.02 Å². The van der Waals surface area contributed by atoms with Crippen molar-refractivity contribution in [3.05, 3.63) is 57.5 Å². The first-order valence-corrected chi connectivity index (χ1v) is 8.34. The second-order valence-corrected chi connectivity index (χ2v) is 6.92. The van der Waals surface area contributed by atoms with E-state index in [1.165, 1.54) is 12.1 Å². The minimum Gasteiger partial charge on any atom is -0.399 e. The van der Waals surface area contributed by atoms with Gasteiger partial charge in [-0.15, -0.1) is 0 Å². The van der Waals surface area contributed by atoms with Gasteiger partial charge in [0.25, 0.3) is 0 Å². The smallest absolute Gasteiger partial charge is 0.191 e. The molecule has 2 aliphatic rings. The molecular formula is C19H15ClFN5. The summed E-state index contributed by atoms with van der Waals surface area (Å²) in [5.41, 5.74) is 5.47. The zero-order valence-electron chi connectivity index (χ0n) is 14.0. The monoisotopic (exact) mass is 367 g/mol. The second-order valence-electron chi connectivity index (χ2n) is 6.54. The van der Waals surface area contributed by atoms with Gasteiger partial charge in [-0.2, -0.15) is 15.8 Å². The maximum absolute atomic E-state index is 14.1. The molecule has 3 rings (SSSR count). The summed E-state index contributed by atoms with van der Waals surface area (Å²) in [5.74, 6) is -1.79. The molecule has 7 heteroatoms. The third-order valence-corrected chi connectivity index (χ3v) is 5.56. The van der Waals surface area contributed by atoms with E-state index in [1.54, 1.807) is 6.07 Å². The van der Waals surface area contributed by atoms with E-state index >= 15 is 0 Å². The predicted molar refractivity (Wildman–Crippen MR) is 93.7 cm³/mol. The zero-order chi connectivity index (χ0) is 19.1. The van der Waals surface area contributed by atoms with E-state index < -0.39 is 17.2 Å². The molecule has 1 aliphatic carbocycles. The van der Waals surface area contributed by atoms with Gasteiger partial charge in [-0.1, -0.05) is 29.8 Å². The van der Waals surface area contributed by atoms with Crippen LogP contribution in [0.4, 0.5) is 4.39 Å². The van der Waals surface area contributed by atoms with Crippen molar-refractivity contribution in [1.29, 1.82) is 15.8 Å². The molecule has 0 spiro atoms. The molecule has 2 atom stereocenters. The van der Waals surface area contributed by atoms with E-state index in [1.807, 2.05) is 36.2 Å². The first kappa shape index (κ1) is 18.0. The van der Waals surface area contributed by atoms with E-state index in [2.05, 4.69) is 0 Å². The Bertz CT molecular complexity index is 946. The molecule has 0 saturated heterocycles. The van der Waals surface area contributed by atoms with Crippen LogP contribution < -0.4 is 5.73 Å². The lowest BCUT2D eigenvalue weighted by Gasteiger charge is -2.45. The van der Waals surface area contributed by atoms with Crippen LogP contribution in [0.1, 0.15) is 11.5 Å². The summed E-state index contributed by atoms with van der Waals surface area (Å²) in [6.07, 6.45) is 1.87. The molecule has 1 heterocycles. The number of nitrogens with zero attached hydrogens (tertiary/aromatic N) is 4. The quantitative estimate of drug-likeness (QED) is 0.822. The van der Waals surface area contributed by atoms with Gasteiger partial charge >= 0.3 is 0 Å². The van der Waals surface area contributed by atoms with Crippen LogP contribution in [0.5, 0.6) is 0 Å². The molecule has 26 heavy (non-hydrogen) atoms. The van der Waals surface area contributed by atoms with Gasteiger partial charge in [0.15, 0.2) is 5.41 Å². The number of hydrogen-bond acceptors (Lipinski definition) is 5. The number of allylic oxidation sites excluding steroid dienone is 2. The zero-order valence-corrected chi connectivity index (χ0v) is 14.8. The highest BCUT2D eigenvalue weighted by molar-refractivity contribution is 6.31. The number of fused-ring (bicyclic) bond motifs is 1. The average Bonchev–Trinajstić information content (AvgIpc) is 2.64. The van der Waals surface area contributed by atoms with Crippen molar-refractivity contribution in [1.82, 2.24) is 4.90 Å². The summed E-state index contributed by atoms with van der Waals surface area (Å²) in [6.45, 7) is 1.10. The molecule has 5 nitrogen and oxygen atoms in total. The highest BCUT2D eigenvalue weighted by Gasteiger charge is 2.54. The van der Waals surface area contributed by atoms with Crippen LogP contribution in [0.25, 0.3) is 0 Å². The molecule has 2 N–H and O–H groups in total. The molecule has 0 radical (unpaired) electrons. The number of rotatable bonds is 1. The fourth-order valence-corrected chi connectivity index (χ4v) is 4.17. The number of benzene rings is 1. The molecule has 1 aromatic carbocycles. The van der Waals surface area contributed by atoms with Crippen molar-refractivity contribution < 1.29 is 4.39 Å². The molecule has 0 saturated carbocycles. The average molecular weight is 368 g/mol. The van der Waals surface area contributed by atoms with E-state index in [4.69, 9.17) is 17.3 Å². The molecule has 130 valence electrons. The van der Waals surface area contributed by atoms with E-state index in [9.17, 15) is 20.2 Å². The topological polar surface area (TPSA) is 101 Å². The van der Waals surface area contributed by atoms with Crippen molar-refractivity contribution >= 4 is 11.6 Å². The maximum Gasteiger partial charge on any atom is 0.191 e. The number of hydrogen-bond donors (Lipinski definition) is 1. The first-order chi connectivity index (χ1) is 12.4. The Morgan fingerprint density at radius 1 is 1.31 bits per heavy atom. The Morgan fingerprint density at radius 3 is 2.62 bits per heavy atom. The highest BCUT2D eigenvalue weighted by atomic mass is 35.5. The van der Waals surface area contributed by atoms with Gasteiger partial charge in [-0.3, -0.25) is 0 Å². The number of likely N-dealkylation sites (N-methyl/N-ethyl adjacent to an activating group) is 1. The highest BCUT2D eigenvalue weighted by Crippen LogP contribution is 2.55. The van der Waals surface area contributed by atoms with Crippen molar-refractivity contribution in [2.75, 3.05) is 20.1 Å². The van der Waals surface area contributed by atoms with E-state index in [0.29, 0.717) is 24.2 Å². The van der Waals surface area contributed by atoms with Gasteiger partial charge < -0.3 is 10.6 Å². The normalized spacial score (nSPS) is 24.7. The largest absolute Gasteiger partial charge is 0.399 e. The lowest BCUT2D eigenvalue weighted by atomic mass is 9.58. The minimum absolute atomic E-state index is 0.0950. The van der Waals surface area contributed by atoms with E-state index in [0.717, 1.165) is 0 Å². The number of nitrogens with two attached hydrogens (primary N) is 1. The van der Waals surface area contributed by atoms with Crippen molar-refractivity contribution in [3.63, 3.8) is 0 Å². The summed E-state index contributed by atoms with van der Waals surface area (Å²) in [6, 6.07) is 10.4. The summed E-state index contributed by atoms with van der Waals surface area (Å²) in [7, 11) is 1.89. The molecule has 1 aromatic rings. The standard InChI is InChI=1S/C19H15ClFN5/c1-26-6-5-11-13(7-22)18(25)19(9-23,10-24)16(14(11)8-26)12-3-2-4-15(21)17(12)20/h2-5,14,16H,6,8,25H2,1H3. The van der Waals surface area contributed by atoms with Gasteiger partial charge in [0.2, 0.25) is 0 Å². The minimum atomic E-state index is -1.80. The Labute approximate surface area is 156 Å². The maximum atomic E-state index is 14.1. The van der Waals surface area contributed by atoms with Crippen molar-refractivity contribution in [2.24, 2.45) is 17.1 Å². The van der Waals surface area contributed by atoms with Gasteiger partial charge in [0.05, 0.1) is 28.4 Å². The first-order valence-electron chi connectivity index (χ1n) is 7.97. The van der Waals surface area contributed by atoms with Crippen LogP contribution in [0, 0.1) is 51.1 Å². The third kappa shape index (κ3) is 2.37. The Hall–Kier alpha value is -2.85. The summed E-state index contributed by atoms with van der Waals surface area (Å²) in [4.78, 5) is 2.00. The molecule has 0 bridgehead atoms. The van der Waals surface area contributed by atoms with Crippen molar-refractivity contribution in [3.8, 4) is 18.2 Å². The SMILES string of the molecule is CN1CC=C2C(C#N)=C(N)C(C#N)(C#N)C(c3cccc(F)c3Cl)C2C1. The number of nitriles is 3. The predicted octanol–water partition coefficient (Wildman–Crippen LogP) is 2.83. The van der Waals surface area contributed by atoms with Gasteiger partial charge in [-0.25, -0.2) is 4.39 Å². The summed E-state index contributed by atoms with van der Waals surface area (Å²) >= 11 is 6.20. The molecular weight excluding hydrogens is 353 g/mol. The Morgan fingerprint density at radius 2 is 2.00 bits per heavy atom. The van der Waals surface area contributed by atoms with Crippen molar-refractivity contribution in [2.45, 2.75) is 5.92 Å². The fourth-order valence-electron chi connectivity index (χ4n) is 3.93. The second kappa shape index (κ2) is 6.46. The van der Waals surface area contributed by atoms with Crippen LogP contribution in [-0.4, -0.2) is 25.0 Å². The van der Waals surface area contributed by atoms with Gasteiger partial charge in [0, 0.05) is 24.9 Å². The lowest BCUT2D eigenvalue weighted by molar-refractivity contribution is 0.237. The van der Waals surface area contributed by atoms with Gasteiger partial charge in [0.1, 0.15) is 11.9 Å². The molecule has 1 aliphatic heterocycles. The van der Waals surface area contributed by atoms with Crippen LogP contribution >= 0.6 is 11.6 Å². The molecule has 0 aromatic heterocycles. The Kier molecular flexibility index (Phi) is 4.46. The molecule has 0 fully saturated rings. The van der Waals surface area contributed by atoms with E-state index in [-0.39, 0.29) is 22.2 Å². The summed E-state index contributed by atoms with van der Waals surface area (Å²) < 4.78 is 14.1. The van der Waals surface area contributed by atoms with Crippen LogP contribution in [0.3, 0.4) is 0 Å². The fraction of sp³-hybridized carbons (Fsp3) is 0.316.